The van der Waals surface area contributed by atoms with Gasteiger partial charge in [-0.2, -0.15) is 18.2 Å². The molecule has 0 radical (unpaired) electrons. The Morgan fingerprint density at radius 2 is 1.86 bits per heavy atom. The molecule has 28 heavy (non-hydrogen) atoms. The Labute approximate surface area is 162 Å². The first-order valence-corrected chi connectivity index (χ1v) is 9.49. The Hall–Kier alpha value is -2.51. The number of rotatable bonds is 7. The normalized spacial score (nSPS) is 16.0. The maximum absolute atomic E-state index is 13.3. The molecule has 1 aromatic carbocycles. The summed E-state index contributed by atoms with van der Waals surface area (Å²) in [6.45, 7) is 4.02. The largest absolute Gasteiger partial charge is 0.491 e. The molecule has 1 N–H and O–H groups in total. The van der Waals surface area contributed by atoms with Gasteiger partial charge in [0.05, 0.1) is 6.10 Å². The van der Waals surface area contributed by atoms with Gasteiger partial charge in [0.2, 0.25) is 11.8 Å². The summed E-state index contributed by atoms with van der Waals surface area (Å²) in [4.78, 5) is 7.79. The van der Waals surface area contributed by atoms with E-state index in [2.05, 4.69) is 15.3 Å². The Kier molecular flexibility index (Phi) is 6.26. The third kappa shape index (κ3) is 5.27. The summed E-state index contributed by atoms with van der Waals surface area (Å²) in [7, 11) is 0. The zero-order valence-electron chi connectivity index (χ0n) is 15.9. The van der Waals surface area contributed by atoms with Crippen molar-refractivity contribution in [2.24, 2.45) is 0 Å². The second-order valence-electron chi connectivity index (χ2n) is 6.92. The summed E-state index contributed by atoms with van der Waals surface area (Å²) in [6, 6.07) is 7.09. The van der Waals surface area contributed by atoms with Gasteiger partial charge in [-0.05, 0) is 63.3 Å². The smallest absolute Gasteiger partial charge is 0.423 e. The van der Waals surface area contributed by atoms with Gasteiger partial charge in [0.25, 0.3) is 0 Å². The van der Waals surface area contributed by atoms with E-state index in [1.165, 1.54) is 0 Å². The summed E-state index contributed by atoms with van der Waals surface area (Å²) >= 11 is 0. The third-order valence-electron chi connectivity index (χ3n) is 4.66. The lowest BCUT2D eigenvalue weighted by Gasteiger charge is -2.17. The first kappa shape index (κ1) is 20.2. The van der Waals surface area contributed by atoms with Crippen molar-refractivity contribution in [3.05, 3.63) is 36.0 Å². The van der Waals surface area contributed by atoms with Crippen molar-refractivity contribution < 1.29 is 22.6 Å². The number of anilines is 2. The molecule has 0 bridgehead atoms. The lowest BCUT2D eigenvalue weighted by Crippen LogP contribution is -2.18. The Morgan fingerprint density at radius 3 is 2.46 bits per heavy atom. The molecule has 0 amide bonds. The van der Waals surface area contributed by atoms with Crippen molar-refractivity contribution in [2.45, 2.75) is 64.3 Å². The van der Waals surface area contributed by atoms with Crippen LogP contribution in [0.15, 0.2) is 30.5 Å². The predicted molar refractivity (Wildman–Crippen MR) is 100 cm³/mol. The second kappa shape index (κ2) is 8.67. The van der Waals surface area contributed by atoms with Gasteiger partial charge in [-0.1, -0.05) is 6.92 Å². The molecule has 3 rings (SSSR count). The number of alkyl halides is 3. The second-order valence-corrected chi connectivity index (χ2v) is 6.92. The molecule has 1 heterocycles. The molecule has 5 nitrogen and oxygen atoms in total. The van der Waals surface area contributed by atoms with Crippen molar-refractivity contribution >= 4 is 11.6 Å². The number of nitrogens with one attached hydrogen (secondary N) is 1. The van der Waals surface area contributed by atoms with Crippen LogP contribution in [0.4, 0.5) is 24.8 Å². The van der Waals surface area contributed by atoms with E-state index >= 15 is 0 Å². The molecule has 0 aliphatic heterocycles. The zero-order chi connectivity index (χ0) is 20.1. The minimum Gasteiger partial charge on any atom is -0.491 e. The molecule has 152 valence electrons. The van der Waals surface area contributed by atoms with Crippen LogP contribution in [-0.4, -0.2) is 22.2 Å². The average molecular weight is 395 g/mol. The number of halogens is 3. The van der Waals surface area contributed by atoms with Gasteiger partial charge in [-0.15, -0.1) is 0 Å². The van der Waals surface area contributed by atoms with E-state index in [1.54, 1.807) is 24.3 Å². The highest BCUT2D eigenvalue weighted by molar-refractivity contribution is 5.55. The number of ether oxygens (including phenoxy) is 2. The van der Waals surface area contributed by atoms with Crippen LogP contribution in [0.3, 0.4) is 0 Å². The predicted octanol–water partition coefficient (Wildman–Crippen LogP) is 5.74. The fraction of sp³-hybridized carbons (Fsp3) is 0.500. The highest BCUT2D eigenvalue weighted by Gasteiger charge is 2.37. The van der Waals surface area contributed by atoms with Gasteiger partial charge in [0.1, 0.15) is 17.4 Å². The molecular formula is C20H24F3N3O2. The number of benzene rings is 1. The highest BCUT2D eigenvalue weighted by atomic mass is 19.4. The zero-order valence-corrected chi connectivity index (χ0v) is 15.9. The first-order chi connectivity index (χ1) is 13.3. The maximum Gasteiger partial charge on any atom is 0.423 e. The van der Waals surface area contributed by atoms with Crippen LogP contribution in [0, 0.1) is 0 Å². The molecule has 1 fully saturated rings. The molecule has 1 atom stereocenters. The van der Waals surface area contributed by atoms with Crippen LogP contribution < -0.4 is 14.8 Å². The molecule has 0 spiro atoms. The average Bonchev–Trinajstić information content (AvgIpc) is 3.15. The Balaban J connectivity index is 1.76. The number of aromatic nitrogens is 2. The molecule has 0 saturated heterocycles. The monoisotopic (exact) mass is 395 g/mol. The van der Waals surface area contributed by atoms with Gasteiger partial charge in [0.15, 0.2) is 0 Å². The van der Waals surface area contributed by atoms with E-state index in [0.717, 1.165) is 44.1 Å². The summed E-state index contributed by atoms with van der Waals surface area (Å²) < 4.78 is 51.1. The number of nitrogens with zero attached hydrogens (tertiary/aromatic N) is 2. The van der Waals surface area contributed by atoms with E-state index in [0.29, 0.717) is 5.69 Å². The minimum atomic E-state index is -4.57. The molecule has 1 saturated carbocycles. The summed E-state index contributed by atoms with van der Waals surface area (Å²) in [5.41, 5.74) is -0.315. The van der Waals surface area contributed by atoms with Gasteiger partial charge in [-0.25, -0.2) is 4.98 Å². The highest BCUT2D eigenvalue weighted by Crippen LogP contribution is 2.37. The summed E-state index contributed by atoms with van der Waals surface area (Å²) in [5, 5.41) is 2.92. The van der Waals surface area contributed by atoms with E-state index in [-0.39, 0.29) is 18.2 Å². The van der Waals surface area contributed by atoms with Crippen LogP contribution in [0.1, 0.15) is 51.5 Å². The topological polar surface area (TPSA) is 56.3 Å². The minimum absolute atomic E-state index is 0.0524. The van der Waals surface area contributed by atoms with Gasteiger partial charge < -0.3 is 14.8 Å². The van der Waals surface area contributed by atoms with Crippen LogP contribution in [0.2, 0.25) is 0 Å². The van der Waals surface area contributed by atoms with E-state index in [9.17, 15) is 13.2 Å². The third-order valence-corrected chi connectivity index (χ3v) is 4.66. The SMILES string of the molecule is CCC(C)Oc1ccc(Nc2ncc(C(F)(F)F)c(OC3CCCC3)n2)cc1. The van der Waals surface area contributed by atoms with E-state index < -0.39 is 17.6 Å². The van der Waals surface area contributed by atoms with Gasteiger partial charge >= 0.3 is 6.18 Å². The van der Waals surface area contributed by atoms with Crippen molar-refractivity contribution in [2.75, 3.05) is 5.32 Å². The molecule has 8 heteroatoms. The maximum atomic E-state index is 13.3. The number of hydrogen-bond donors (Lipinski definition) is 1. The summed E-state index contributed by atoms with van der Waals surface area (Å²) in [6.07, 6.45) is 0.336. The molecular weight excluding hydrogens is 371 g/mol. The van der Waals surface area contributed by atoms with Crippen molar-refractivity contribution in [3.63, 3.8) is 0 Å². The Bertz CT molecular complexity index is 775. The fourth-order valence-corrected chi connectivity index (χ4v) is 2.94. The van der Waals surface area contributed by atoms with Crippen LogP contribution in [0.25, 0.3) is 0 Å². The van der Waals surface area contributed by atoms with E-state index in [4.69, 9.17) is 9.47 Å². The van der Waals surface area contributed by atoms with Crippen molar-refractivity contribution in [3.8, 4) is 11.6 Å². The standard InChI is InChI=1S/C20H24F3N3O2/c1-3-13(2)27-16-10-8-14(9-11-16)25-19-24-12-17(20(21,22)23)18(26-19)28-15-6-4-5-7-15/h8-13,15H,3-7H2,1-2H3,(H,24,25,26). The molecule has 1 aromatic heterocycles. The van der Waals surface area contributed by atoms with Gasteiger partial charge in [0, 0.05) is 11.9 Å². The lowest BCUT2D eigenvalue weighted by molar-refractivity contribution is -0.139. The molecule has 1 aliphatic carbocycles. The Morgan fingerprint density at radius 1 is 1.18 bits per heavy atom. The van der Waals surface area contributed by atoms with Crippen LogP contribution in [0.5, 0.6) is 11.6 Å². The van der Waals surface area contributed by atoms with Crippen molar-refractivity contribution in [1.82, 2.24) is 9.97 Å². The van der Waals surface area contributed by atoms with Crippen LogP contribution >= 0.6 is 0 Å². The fourth-order valence-electron chi connectivity index (χ4n) is 2.94. The molecule has 2 aromatic rings. The van der Waals surface area contributed by atoms with Gasteiger partial charge in [-0.3, -0.25) is 0 Å². The molecule has 1 aliphatic rings. The summed E-state index contributed by atoms with van der Waals surface area (Å²) in [5.74, 6) is 0.351. The van der Waals surface area contributed by atoms with Crippen molar-refractivity contribution in [1.29, 1.82) is 0 Å². The number of hydrogen-bond acceptors (Lipinski definition) is 5. The lowest BCUT2D eigenvalue weighted by atomic mass is 10.2. The van der Waals surface area contributed by atoms with Crippen LogP contribution in [-0.2, 0) is 6.18 Å². The quantitative estimate of drug-likeness (QED) is 0.648. The molecule has 1 unspecified atom stereocenters. The first-order valence-electron chi connectivity index (χ1n) is 9.49. The van der Waals surface area contributed by atoms with E-state index in [1.807, 2.05) is 13.8 Å².